The van der Waals surface area contributed by atoms with Gasteiger partial charge in [0.25, 0.3) is 0 Å². The first kappa shape index (κ1) is 17.4. The highest BCUT2D eigenvalue weighted by atomic mass is 32.2. The molecule has 0 aromatic heterocycles. The number of hydrogen-bond acceptors (Lipinski definition) is 4. The summed E-state index contributed by atoms with van der Waals surface area (Å²) in [7, 11) is -3.36. The molecule has 0 aliphatic carbocycles. The fraction of sp³-hybridized carbons (Fsp3) is 0.923. The molecule has 1 saturated heterocycles. The number of hydrogen-bond donors (Lipinski definition) is 2. The van der Waals surface area contributed by atoms with Gasteiger partial charge in [0.2, 0.25) is 10.0 Å². The summed E-state index contributed by atoms with van der Waals surface area (Å²) in [6.45, 7) is 8.23. The van der Waals surface area contributed by atoms with Crippen LogP contribution >= 0.6 is 0 Å². The average Bonchev–Trinajstić information content (AvgIpc) is 2.26. The number of carboxylic acids is 1. The second-order valence-electron chi connectivity index (χ2n) is 6.37. The summed E-state index contributed by atoms with van der Waals surface area (Å²) >= 11 is 0. The molecule has 0 unspecified atom stereocenters. The van der Waals surface area contributed by atoms with Crippen molar-refractivity contribution in [1.29, 1.82) is 0 Å². The second-order valence-corrected chi connectivity index (χ2v) is 8.24. The van der Waals surface area contributed by atoms with Crippen LogP contribution in [-0.4, -0.2) is 54.8 Å². The van der Waals surface area contributed by atoms with Crippen LogP contribution in [0.25, 0.3) is 0 Å². The van der Waals surface area contributed by atoms with E-state index in [2.05, 4.69) is 30.4 Å². The molecule has 0 aromatic rings. The van der Waals surface area contributed by atoms with Crippen LogP contribution in [0.4, 0.5) is 0 Å². The van der Waals surface area contributed by atoms with Crippen LogP contribution in [-0.2, 0) is 14.8 Å². The van der Waals surface area contributed by atoms with Gasteiger partial charge in [-0.2, -0.15) is 0 Å². The van der Waals surface area contributed by atoms with E-state index in [0.29, 0.717) is 0 Å². The van der Waals surface area contributed by atoms with E-state index in [0.717, 1.165) is 25.9 Å². The number of piperidine rings is 1. The molecule has 0 spiro atoms. The summed E-state index contributed by atoms with van der Waals surface area (Å²) in [5, 5.41) is 8.52. The summed E-state index contributed by atoms with van der Waals surface area (Å²) in [6, 6.07) is -0.0246. The van der Waals surface area contributed by atoms with Gasteiger partial charge in [-0.05, 0) is 40.0 Å². The van der Waals surface area contributed by atoms with E-state index < -0.39 is 16.0 Å². The van der Waals surface area contributed by atoms with Crippen LogP contribution in [0.1, 0.15) is 46.5 Å². The van der Waals surface area contributed by atoms with Gasteiger partial charge in [0.1, 0.15) is 0 Å². The maximum absolute atomic E-state index is 11.8. The first-order valence-corrected chi connectivity index (χ1v) is 8.72. The molecule has 0 amide bonds. The predicted octanol–water partition coefficient (Wildman–Crippen LogP) is 1.03. The Hall–Kier alpha value is -0.660. The van der Waals surface area contributed by atoms with Gasteiger partial charge in [0.05, 0.1) is 5.75 Å². The Bertz CT molecular complexity index is 420. The number of nitrogens with zero attached hydrogens (tertiary/aromatic N) is 1. The highest BCUT2D eigenvalue weighted by Gasteiger charge is 2.28. The number of likely N-dealkylation sites (tertiary alicyclic amines) is 1. The van der Waals surface area contributed by atoms with Crippen molar-refractivity contribution in [2.24, 2.45) is 0 Å². The van der Waals surface area contributed by atoms with Crippen molar-refractivity contribution in [3.05, 3.63) is 0 Å². The molecule has 0 bridgehead atoms. The lowest BCUT2D eigenvalue weighted by molar-refractivity contribution is -0.137. The summed E-state index contributed by atoms with van der Waals surface area (Å²) in [5.41, 5.74) is 0.116. The summed E-state index contributed by atoms with van der Waals surface area (Å²) < 4.78 is 26.4. The van der Waals surface area contributed by atoms with Crippen LogP contribution in [0.15, 0.2) is 0 Å². The predicted molar refractivity (Wildman–Crippen MR) is 78.1 cm³/mol. The van der Waals surface area contributed by atoms with Crippen LogP contribution in [0.5, 0.6) is 0 Å². The summed E-state index contributed by atoms with van der Waals surface area (Å²) in [6.07, 6.45) is 1.65. The smallest absolute Gasteiger partial charge is 0.303 e. The van der Waals surface area contributed by atoms with E-state index >= 15 is 0 Å². The first-order valence-electron chi connectivity index (χ1n) is 7.07. The van der Waals surface area contributed by atoms with Crippen molar-refractivity contribution in [3.63, 3.8) is 0 Å². The van der Waals surface area contributed by atoms with Crippen molar-refractivity contribution >= 4 is 16.0 Å². The Balaban J connectivity index is 2.37. The molecule has 1 aliphatic rings. The number of carboxylic acid groups (broad SMARTS) is 1. The highest BCUT2D eigenvalue weighted by Crippen LogP contribution is 2.20. The third kappa shape index (κ3) is 6.19. The number of sulfonamides is 1. The Morgan fingerprint density at radius 2 is 1.85 bits per heavy atom. The number of nitrogens with one attached hydrogen (secondary N) is 1. The van der Waals surface area contributed by atoms with E-state index in [-0.39, 0.29) is 30.2 Å². The Morgan fingerprint density at radius 3 is 2.30 bits per heavy atom. The van der Waals surface area contributed by atoms with Crippen LogP contribution in [0, 0.1) is 0 Å². The molecule has 2 N–H and O–H groups in total. The quantitative estimate of drug-likeness (QED) is 0.765. The lowest BCUT2D eigenvalue weighted by atomic mass is 9.99. The molecule has 1 aliphatic heterocycles. The summed E-state index contributed by atoms with van der Waals surface area (Å²) in [4.78, 5) is 12.7. The number of carbonyl (C=O) groups is 1. The Kier molecular flexibility index (Phi) is 5.97. The van der Waals surface area contributed by atoms with Gasteiger partial charge in [0.15, 0.2) is 0 Å². The Labute approximate surface area is 121 Å². The zero-order valence-electron chi connectivity index (χ0n) is 12.6. The highest BCUT2D eigenvalue weighted by molar-refractivity contribution is 7.89. The van der Waals surface area contributed by atoms with Crippen LogP contribution in [0.3, 0.4) is 0 Å². The largest absolute Gasteiger partial charge is 0.481 e. The average molecular weight is 306 g/mol. The molecule has 0 atom stereocenters. The third-order valence-electron chi connectivity index (χ3n) is 3.59. The van der Waals surface area contributed by atoms with Gasteiger partial charge in [-0.1, -0.05) is 0 Å². The molecule has 0 radical (unpaired) electrons. The minimum absolute atomic E-state index is 0.0246. The van der Waals surface area contributed by atoms with E-state index in [9.17, 15) is 13.2 Å². The topological polar surface area (TPSA) is 86.7 Å². The fourth-order valence-corrected chi connectivity index (χ4v) is 3.78. The molecule has 0 aromatic carbocycles. The molecular weight excluding hydrogens is 280 g/mol. The standard InChI is InChI=1S/C13H26N2O4S/c1-13(2,3)15-8-6-11(7-9-15)14-20(18,19)10-4-5-12(16)17/h11,14H,4-10H2,1-3H3,(H,16,17). The zero-order valence-corrected chi connectivity index (χ0v) is 13.4. The minimum atomic E-state index is -3.36. The van der Waals surface area contributed by atoms with E-state index in [4.69, 9.17) is 5.11 Å². The molecule has 6 nitrogen and oxygen atoms in total. The minimum Gasteiger partial charge on any atom is -0.481 e. The second kappa shape index (κ2) is 6.87. The zero-order chi connectivity index (χ0) is 15.4. The Morgan fingerprint density at radius 1 is 1.30 bits per heavy atom. The summed E-state index contributed by atoms with van der Waals surface area (Å²) in [5.74, 6) is -1.07. The molecule has 7 heteroatoms. The number of aliphatic carboxylic acids is 1. The van der Waals surface area contributed by atoms with E-state index in [1.807, 2.05) is 0 Å². The normalized spacial score (nSPS) is 19.1. The van der Waals surface area contributed by atoms with Gasteiger partial charge >= 0.3 is 5.97 Å². The van der Waals surface area contributed by atoms with Gasteiger partial charge < -0.3 is 5.11 Å². The maximum Gasteiger partial charge on any atom is 0.303 e. The lowest BCUT2D eigenvalue weighted by Gasteiger charge is -2.40. The van der Waals surface area contributed by atoms with Crippen molar-refractivity contribution in [3.8, 4) is 0 Å². The molecule has 1 rings (SSSR count). The maximum atomic E-state index is 11.8. The molecule has 1 fully saturated rings. The van der Waals surface area contributed by atoms with E-state index in [1.54, 1.807) is 0 Å². The van der Waals surface area contributed by atoms with Gasteiger partial charge in [-0.3, -0.25) is 9.69 Å². The monoisotopic (exact) mass is 306 g/mol. The lowest BCUT2D eigenvalue weighted by Crippen LogP contribution is -2.51. The SMILES string of the molecule is CC(C)(C)N1CCC(NS(=O)(=O)CCCC(=O)O)CC1. The van der Waals surface area contributed by atoms with Crippen molar-refractivity contribution in [2.75, 3.05) is 18.8 Å². The molecule has 1 heterocycles. The first-order chi connectivity index (χ1) is 9.10. The number of rotatable bonds is 6. The molecular formula is C13H26N2O4S. The van der Waals surface area contributed by atoms with Gasteiger partial charge in [0, 0.05) is 31.1 Å². The van der Waals surface area contributed by atoms with Crippen LogP contribution < -0.4 is 4.72 Å². The van der Waals surface area contributed by atoms with Gasteiger partial charge in [-0.15, -0.1) is 0 Å². The third-order valence-corrected chi connectivity index (χ3v) is 5.11. The molecule has 118 valence electrons. The van der Waals surface area contributed by atoms with E-state index in [1.165, 1.54) is 0 Å². The fourth-order valence-electron chi connectivity index (χ4n) is 2.39. The van der Waals surface area contributed by atoms with Crippen LogP contribution in [0.2, 0.25) is 0 Å². The van der Waals surface area contributed by atoms with Crippen molar-refractivity contribution in [2.45, 2.75) is 58.0 Å². The van der Waals surface area contributed by atoms with Crippen molar-refractivity contribution in [1.82, 2.24) is 9.62 Å². The van der Waals surface area contributed by atoms with Gasteiger partial charge in [-0.25, -0.2) is 13.1 Å². The van der Waals surface area contributed by atoms with Crippen molar-refractivity contribution < 1.29 is 18.3 Å². The molecule has 0 saturated carbocycles. The molecule has 20 heavy (non-hydrogen) atoms.